The van der Waals surface area contributed by atoms with Crippen molar-refractivity contribution < 1.29 is 24.5 Å². The summed E-state index contributed by atoms with van der Waals surface area (Å²) in [7, 11) is 0. The summed E-state index contributed by atoms with van der Waals surface area (Å²) in [5.41, 5.74) is 0. The fraction of sp³-hybridized carbons (Fsp3) is 0.887. The molecular weight excluding hydrogens is 947 g/mol. The van der Waals surface area contributed by atoms with Crippen molar-refractivity contribution >= 4 is 11.9 Å². The molecule has 0 aliphatic carbocycles. The second-order valence-electron chi connectivity index (χ2n) is 23.9. The van der Waals surface area contributed by atoms with E-state index >= 15 is 0 Å². The maximum absolute atomic E-state index is 12.5. The SMILES string of the molecule is CCCCCCCCC/C=C\CCCCCCCC(=O)OCCCCCCCCCCC/C=C\C/C=C\CCCCCCCCCCCCCC(=O)NC(CO)C(O)CCCCCCCCCCCCCCCCCCC. The average molecular weight is 1080 g/mol. The molecule has 0 fully saturated rings. The molecule has 0 rings (SSSR count). The Morgan fingerprint density at radius 3 is 1.00 bits per heavy atom. The smallest absolute Gasteiger partial charge is 0.305 e. The predicted molar refractivity (Wildman–Crippen MR) is 338 cm³/mol. The van der Waals surface area contributed by atoms with E-state index in [0.29, 0.717) is 25.9 Å². The fourth-order valence-electron chi connectivity index (χ4n) is 10.8. The lowest BCUT2D eigenvalue weighted by atomic mass is 10.0. The Morgan fingerprint density at radius 1 is 0.364 bits per heavy atom. The van der Waals surface area contributed by atoms with Gasteiger partial charge in [-0.3, -0.25) is 9.59 Å². The summed E-state index contributed by atoms with van der Waals surface area (Å²) in [5.74, 6) is -0.0317. The van der Waals surface area contributed by atoms with Crippen LogP contribution in [-0.4, -0.2) is 47.4 Å². The Kier molecular flexibility index (Phi) is 64.9. The minimum Gasteiger partial charge on any atom is -0.466 e. The van der Waals surface area contributed by atoms with E-state index < -0.39 is 12.1 Å². The van der Waals surface area contributed by atoms with E-state index in [1.54, 1.807) is 0 Å². The quantitative estimate of drug-likeness (QED) is 0.0320. The van der Waals surface area contributed by atoms with Crippen molar-refractivity contribution in [1.29, 1.82) is 0 Å². The largest absolute Gasteiger partial charge is 0.466 e. The first kappa shape index (κ1) is 75.1. The van der Waals surface area contributed by atoms with Gasteiger partial charge in [-0.15, -0.1) is 0 Å². The van der Waals surface area contributed by atoms with Gasteiger partial charge in [0.1, 0.15) is 0 Å². The highest BCUT2D eigenvalue weighted by atomic mass is 16.5. The molecule has 6 nitrogen and oxygen atoms in total. The number of aliphatic hydroxyl groups is 2. The number of hydrogen-bond donors (Lipinski definition) is 3. The molecule has 0 saturated carbocycles. The number of carbonyl (C=O) groups excluding carboxylic acids is 2. The van der Waals surface area contributed by atoms with Crippen LogP contribution in [0.1, 0.15) is 380 Å². The highest BCUT2D eigenvalue weighted by molar-refractivity contribution is 5.76. The van der Waals surface area contributed by atoms with Gasteiger partial charge in [-0.1, -0.05) is 320 Å². The van der Waals surface area contributed by atoms with Crippen LogP contribution in [0.2, 0.25) is 0 Å². The van der Waals surface area contributed by atoms with Crippen LogP contribution >= 0.6 is 0 Å². The third-order valence-electron chi connectivity index (χ3n) is 16.2. The number of carbonyl (C=O) groups is 2. The summed E-state index contributed by atoms with van der Waals surface area (Å²) in [6.45, 7) is 4.97. The standard InChI is InChI=1S/C71H135NO5/c1-3-5-7-9-11-13-15-17-19-32-35-39-43-47-51-55-59-63-69(74)68(67-73)72-70(75)64-60-56-52-48-44-40-36-33-30-28-26-24-22-21-23-25-27-29-31-34-38-42-46-50-54-58-62-66-77-71(76)65-61-57-53-49-45-41-37-20-18-16-14-12-10-8-6-4-2/h20-22,25,27,37,68-69,73-74H,3-19,23-24,26,28-36,38-67H2,1-2H3,(H,72,75)/b22-21-,27-25-,37-20-. The minimum atomic E-state index is -0.667. The van der Waals surface area contributed by atoms with Gasteiger partial charge in [0.05, 0.1) is 25.4 Å². The van der Waals surface area contributed by atoms with Crippen LogP contribution in [0.5, 0.6) is 0 Å². The molecule has 454 valence electrons. The van der Waals surface area contributed by atoms with E-state index in [9.17, 15) is 19.8 Å². The van der Waals surface area contributed by atoms with Crippen LogP contribution in [-0.2, 0) is 14.3 Å². The Balaban J connectivity index is 3.41. The van der Waals surface area contributed by atoms with Crippen molar-refractivity contribution in [3.63, 3.8) is 0 Å². The van der Waals surface area contributed by atoms with Crippen molar-refractivity contribution in [1.82, 2.24) is 5.32 Å². The molecule has 2 unspecified atom stereocenters. The molecular formula is C71H135NO5. The van der Waals surface area contributed by atoms with Crippen LogP contribution in [0.25, 0.3) is 0 Å². The molecule has 0 radical (unpaired) electrons. The lowest BCUT2D eigenvalue weighted by Crippen LogP contribution is -2.45. The maximum atomic E-state index is 12.5. The number of rotatable bonds is 65. The van der Waals surface area contributed by atoms with E-state index in [2.05, 4.69) is 55.6 Å². The van der Waals surface area contributed by atoms with E-state index in [1.165, 1.54) is 295 Å². The summed E-state index contributed by atoms with van der Waals surface area (Å²) in [6.07, 6.45) is 84.7. The number of hydrogen-bond acceptors (Lipinski definition) is 5. The van der Waals surface area contributed by atoms with Gasteiger partial charge >= 0.3 is 5.97 Å². The minimum absolute atomic E-state index is 0.00368. The first-order valence-corrected chi connectivity index (χ1v) is 34.7. The van der Waals surface area contributed by atoms with Gasteiger partial charge in [0, 0.05) is 12.8 Å². The zero-order valence-corrected chi connectivity index (χ0v) is 52.0. The number of nitrogens with one attached hydrogen (secondary N) is 1. The molecule has 0 spiro atoms. The van der Waals surface area contributed by atoms with Crippen LogP contribution < -0.4 is 5.32 Å². The van der Waals surface area contributed by atoms with Gasteiger partial charge in [-0.2, -0.15) is 0 Å². The van der Waals surface area contributed by atoms with Crippen molar-refractivity contribution in [3.05, 3.63) is 36.5 Å². The number of unbranched alkanes of at least 4 members (excludes halogenated alkanes) is 48. The number of aliphatic hydroxyl groups excluding tert-OH is 2. The number of esters is 1. The lowest BCUT2D eigenvalue weighted by molar-refractivity contribution is -0.143. The Labute approximate surface area is 481 Å². The summed E-state index contributed by atoms with van der Waals surface area (Å²) in [4.78, 5) is 24.6. The Morgan fingerprint density at radius 2 is 0.649 bits per heavy atom. The monoisotopic (exact) mass is 1080 g/mol. The molecule has 2 atom stereocenters. The zero-order valence-electron chi connectivity index (χ0n) is 52.0. The molecule has 0 bridgehead atoms. The zero-order chi connectivity index (χ0) is 55.7. The van der Waals surface area contributed by atoms with E-state index in [4.69, 9.17) is 4.74 Å². The van der Waals surface area contributed by atoms with E-state index in [0.717, 1.165) is 51.4 Å². The van der Waals surface area contributed by atoms with E-state index in [1.807, 2.05) is 0 Å². The highest BCUT2D eigenvalue weighted by Crippen LogP contribution is 2.18. The number of allylic oxidation sites excluding steroid dienone is 6. The normalized spacial score (nSPS) is 12.7. The molecule has 0 aromatic carbocycles. The van der Waals surface area contributed by atoms with Gasteiger partial charge < -0.3 is 20.3 Å². The Bertz CT molecular complexity index is 1250. The summed E-state index contributed by atoms with van der Waals surface area (Å²) in [5, 5.41) is 23.4. The summed E-state index contributed by atoms with van der Waals surface area (Å²) in [6, 6.07) is -0.545. The molecule has 0 aromatic rings. The van der Waals surface area contributed by atoms with Crippen molar-refractivity contribution in [2.75, 3.05) is 13.2 Å². The summed E-state index contributed by atoms with van der Waals surface area (Å²) >= 11 is 0. The third-order valence-corrected chi connectivity index (χ3v) is 16.2. The van der Waals surface area contributed by atoms with Gasteiger partial charge in [0.2, 0.25) is 5.91 Å². The first-order chi connectivity index (χ1) is 38.0. The van der Waals surface area contributed by atoms with Crippen molar-refractivity contribution in [3.8, 4) is 0 Å². The van der Waals surface area contributed by atoms with Crippen molar-refractivity contribution in [2.24, 2.45) is 0 Å². The maximum Gasteiger partial charge on any atom is 0.305 e. The summed E-state index contributed by atoms with van der Waals surface area (Å²) < 4.78 is 5.49. The molecule has 0 heterocycles. The van der Waals surface area contributed by atoms with Gasteiger partial charge in [0.15, 0.2) is 0 Å². The third kappa shape index (κ3) is 63.1. The van der Waals surface area contributed by atoms with Crippen LogP contribution in [0, 0.1) is 0 Å². The topological polar surface area (TPSA) is 95.9 Å². The van der Waals surface area contributed by atoms with Crippen molar-refractivity contribution in [2.45, 2.75) is 392 Å². The highest BCUT2D eigenvalue weighted by Gasteiger charge is 2.20. The van der Waals surface area contributed by atoms with Crippen LogP contribution in [0.3, 0.4) is 0 Å². The first-order valence-electron chi connectivity index (χ1n) is 34.7. The molecule has 6 heteroatoms. The van der Waals surface area contributed by atoms with Crippen LogP contribution in [0.4, 0.5) is 0 Å². The number of amides is 1. The van der Waals surface area contributed by atoms with Gasteiger partial charge in [-0.25, -0.2) is 0 Å². The molecule has 3 N–H and O–H groups in total. The molecule has 0 saturated heterocycles. The fourth-order valence-corrected chi connectivity index (χ4v) is 10.8. The molecule has 0 aliphatic rings. The average Bonchev–Trinajstić information content (AvgIpc) is 3.43. The van der Waals surface area contributed by atoms with Gasteiger partial charge in [0.25, 0.3) is 0 Å². The molecule has 0 aliphatic heterocycles. The van der Waals surface area contributed by atoms with Crippen LogP contribution in [0.15, 0.2) is 36.5 Å². The number of ether oxygens (including phenoxy) is 1. The molecule has 1 amide bonds. The second kappa shape index (κ2) is 66.6. The van der Waals surface area contributed by atoms with Gasteiger partial charge in [-0.05, 0) is 83.5 Å². The molecule has 0 aromatic heterocycles. The molecule has 77 heavy (non-hydrogen) atoms. The lowest BCUT2D eigenvalue weighted by Gasteiger charge is -2.22. The van der Waals surface area contributed by atoms with E-state index in [-0.39, 0.29) is 18.5 Å². The predicted octanol–water partition coefficient (Wildman–Crippen LogP) is 22.3. The second-order valence-corrected chi connectivity index (χ2v) is 23.9. The Hall–Kier alpha value is -1.92.